The molecule has 1 aliphatic rings. The first-order valence-electron chi connectivity index (χ1n) is 2.98. The highest BCUT2D eigenvalue weighted by atomic mass is 32.2. The van der Waals surface area contributed by atoms with Crippen LogP contribution in [0.3, 0.4) is 0 Å². The van der Waals surface area contributed by atoms with Gasteiger partial charge in [-0.15, -0.1) is 0 Å². The van der Waals surface area contributed by atoms with E-state index in [9.17, 15) is 8.42 Å². The van der Waals surface area contributed by atoms with Crippen LogP contribution in [0, 0.1) is 0 Å². The molecule has 0 spiro atoms. The van der Waals surface area contributed by atoms with E-state index >= 15 is 0 Å². The van der Waals surface area contributed by atoms with Crippen LogP contribution in [0.4, 0.5) is 0 Å². The number of rotatable bonds is 0. The fraction of sp³-hybridized carbons (Fsp3) is 1.00. The lowest BCUT2D eigenvalue weighted by atomic mass is 10.1. The number of hydrogen-bond donors (Lipinski definition) is 2. The highest BCUT2D eigenvalue weighted by Gasteiger charge is 2.46. The lowest BCUT2D eigenvalue weighted by molar-refractivity contribution is -0.0130. The Hall–Kier alpha value is -0.130. The average Bonchev–Trinajstić information content (AvgIpc) is 1.95. The summed E-state index contributed by atoms with van der Waals surface area (Å²) in [4.78, 5) is 0. The van der Waals surface area contributed by atoms with Crippen LogP contribution in [-0.4, -0.2) is 35.4 Å². The standard InChI is InChI=1S/C5H10O4S/c1-5(7)2-3-10(8,9)4(5)6/h4,6-7H,2-3H2,1H3. The van der Waals surface area contributed by atoms with E-state index in [1.54, 1.807) is 0 Å². The molecule has 0 saturated carbocycles. The van der Waals surface area contributed by atoms with Crippen LogP contribution in [0.5, 0.6) is 0 Å². The Balaban J connectivity index is 2.99. The fourth-order valence-electron chi connectivity index (χ4n) is 0.971. The van der Waals surface area contributed by atoms with Crippen molar-refractivity contribution in [2.24, 2.45) is 0 Å². The molecule has 5 heteroatoms. The van der Waals surface area contributed by atoms with Crippen LogP contribution >= 0.6 is 0 Å². The molecule has 10 heavy (non-hydrogen) atoms. The number of aliphatic hydroxyl groups excluding tert-OH is 1. The highest BCUT2D eigenvalue weighted by Crippen LogP contribution is 2.28. The van der Waals surface area contributed by atoms with Crippen molar-refractivity contribution in [3.8, 4) is 0 Å². The van der Waals surface area contributed by atoms with Gasteiger partial charge in [0.1, 0.15) is 5.60 Å². The zero-order valence-corrected chi connectivity index (χ0v) is 6.43. The van der Waals surface area contributed by atoms with Crippen molar-refractivity contribution in [2.75, 3.05) is 5.75 Å². The van der Waals surface area contributed by atoms with Crippen molar-refractivity contribution in [1.82, 2.24) is 0 Å². The average molecular weight is 166 g/mol. The van der Waals surface area contributed by atoms with E-state index < -0.39 is 20.9 Å². The zero-order valence-electron chi connectivity index (χ0n) is 5.61. The molecule has 0 aromatic carbocycles. The third-order valence-electron chi connectivity index (χ3n) is 1.76. The molecule has 0 aromatic heterocycles. The van der Waals surface area contributed by atoms with Gasteiger partial charge in [0.25, 0.3) is 0 Å². The monoisotopic (exact) mass is 166 g/mol. The molecular formula is C5H10O4S. The summed E-state index contributed by atoms with van der Waals surface area (Å²) in [5, 5.41) is 18.1. The van der Waals surface area contributed by atoms with Gasteiger partial charge in [-0.2, -0.15) is 0 Å². The molecule has 2 unspecified atom stereocenters. The van der Waals surface area contributed by atoms with Crippen LogP contribution in [-0.2, 0) is 9.84 Å². The molecule has 1 fully saturated rings. The fourth-order valence-corrected chi connectivity index (χ4v) is 2.78. The molecule has 2 atom stereocenters. The van der Waals surface area contributed by atoms with Crippen molar-refractivity contribution >= 4 is 9.84 Å². The van der Waals surface area contributed by atoms with Gasteiger partial charge in [-0.05, 0) is 13.3 Å². The second-order valence-electron chi connectivity index (χ2n) is 2.83. The Morgan fingerprint density at radius 1 is 1.60 bits per heavy atom. The molecule has 1 heterocycles. The third-order valence-corrected chi connectivity index (χ3v) is 3.73. The Bertz CT molecular complexity index is 228. The Morgan fingerprint density at radius 2 is 2.10 bits per heavy atom. The normalized spacial score (nSPS) is 45.7. The summed E-state index contributed by atoms with van der Waals surface area (Å²) in [7, 11) is -3.43. The number of hydrogen-bond acceptors (Lipinski definition) is 4. The minimum absolute atomic E-state index is 0.122. The zero-order chi connectivity index (χ0) is 7.99. The predicted octanol–water partition coefficient (Wildman–Crippen LogP) is -1.13. The minimum atomic E-state index is -3.43. The van der Waals surface area contributed by atoms with Crippen LogP contribution in [0.25, 0.3) is 0 Å². The maximum Gasteiger partial charge on any atom is 0.183 e. The van der Waals surface area contributed by atoms with Gasteiger partial charge in [0, 0.05) is 0 Å². The summed E-state index contributed by atoms with van der Waals surface area (Å²) in [6.07, 6.45) is 0.122. The first kappa shape index (κ1) is 7.97. The minimum Gasteiger partial charge on any atom is -0.386 e. The molecule has 1 rings (SSSR count). The SMILES string of the molecule is CC1(O)CCS(=O)(=O)C1O. The van der Waals surface area contributed by atoms with Crippen LogP contribution in [0.2, 0.25) is 0 Å². The lowest BCUT2D eigenvalue weighted by Crippen LogP contribution is -2.36. The van der Waals surface area contributed by atoms with Crippen molar-refractivity contribution < 1.29 is 18.6 Å². The van der Waals surface area contributed by atoms with Gasteiger partial charge >= 0.3 is 0 Å². The summed E-state index contributed by atoms with van der Waals surface area (Å²) in [5.41, 5.74) is -3.04. The molecule has 60 valence electrons. The third kappa shape index (κ3) is 1.04. The first-order valence-corrected chi connectivity index (χ1v) is 4.70. The van der Waals surface area contributed by atoms with E-state index in [4.69, 9.17) is 10.2 Å². The molecule has 0 aliphatic carbocycles. The van der Waals surface area contributed by atoms with E-state index in [2.05, 4.69) is 0 Å². The molecular weight excluding hydrogens is 156 g/mol. The van der Waals surface area contributed by atoms with Gasteiger partial charge in [0.15, 0.2) is 15.3 Å². The van der Waals surface area contributed by atoms with Crippen molar-refractivity contribution in [3.05, 3.63) is 0 Å². The van der Waals surface area contributed by atoms with E-state index in [1.807, 2.05) is 0 Å². The summed E-state index contributed by atoms with van der Waals surface area (Å²) in [6.45, 7) is 1.32. The molecule has 0 bridgehead atoms. The topological polar surface area (TPSA) is 74.6 Å². The first-order chi connectivity index (χ1) is 4.36. The Labute approximate surface area is 59.4 Å². The Kier molecular flexibility index (Phi) is 1.54. The maximum absolute atomic E-state index is 10.8. The smallest absolute Gasteiger partial charge is 0.183 e. The summed E-state index contributed by atoms with van der Waals surface area (Å²) < 4.78 is 21.5. The molecule has 1 saturated heterocycles. The second kappa shape index (κ2) is 1.93. The number of sulfone groups is 1. The van der Waals surface area contributed by atoms with Gasteiger partial charge in [-0.3, -0.25) is 0 Å². The highest BCUT2D eigenvalue weighted by molar-refractivity contribution is 7.92. The van der Waals surface area contributed by atoms with Gasteiger partial charge in [-0.25, -0.2) is 8.42 Å². The maximum atomic E-state index is 10.8. The van der Waals surface area contributed by atoms with E-state index in [0.29, 0.717) is 0 Å². The van der Waals surface area contributed by atoms with E-state index in [1.165, 1.54) is 6.92 Å². The summed E-state index contributed by atoms with van der Waals surface area (Å²) >= 11 is 0. The van der Waals surface area contributed by atoms with Gasteiger partial charge < -0.3 is 10.2 Å². The Morgan fingerprint density at radius 3 is 2.20 bits per heavy atom. The van der Waals surface area contributed by atoms with E-state index in [-0.39, 0.29) is 12.2 Å². The quantitative estimate of drug-likeness (QED) is 0.477. The molecule has 4 nitrogen and oxygen atoms in total. The summed E-state index contributed by atoms with van der Waals surface area (Å²) in [6, 6.07) is 0. The lowest BCUT2D eigenvalue weighted by Gasteiger charge is -2.17. The van der Waals surface area contributed by atoms with Crippen LogP contribution in [0.15, 0.2) is 0 Å². The van der Waals surface area contributed by atoms with Crippen molar-refractivity contribution in [2.45, 2.75) is 24.4 Å². The molecule has 0 radical (unpaired) electrons. The summed E-state index contributed by atoms with van der Waals surface area (Å²) in [5.74, 6) is -0.124. The van der Waals surface area contributed by atoms with Crippen molar-refractivity contribution in [3.63, 3.8) is 0 Å². The predicted molar refractivity (Wildman–Crippen MR) is 35.0 cm³/mol. The molecule has 0 aromatic rings. The van der Waals surface area contributed by atoms with Gasteiger partial charge in [-0.1, -0.05) is 0 Å². The van der Waals surface area contributed by atoms with Crippen LogP contribution < -0.4 is 0 Å². The van der Waals surface area contributed by atoms with Gasteiger partial charge in [0.2, 0.25) is 0 Å². The van der Waals surface area contributed by atoms with Gasteiger partial charge in [0.05, 0.1) is 5.75 Å². The van der Waals surface area contributed by atoms with E-state index in [0.717, 1.165) is 0 Å². The largest absolute Gasteiger partial charge is 0.386 e. The van der Waals surface area contributed by atoms with Crippen molar-refractivity contribution in [1.29, 1.82) is 0 Å². The van der Waals surface area contributed by atoms with Crippen LogP contribution in [0.1, 0.15) is 13.3 Å². The second-order valence-corrected chi connectivity index (χ2v) is 5.01. The molecule has 1 aliphatic heterocycles. The number of aliphatic hydroxyl groups is 2. The molecule has 0 amide bonds. The molecule has 2 N–H and O–H groups in total.